The van der Waals surface area contributed by atoms with E-state index in [0.717, 1.165) is 33.7 Å². The molecule has 0 atom stereocenters. The molecular weight excluding hydrogens is 400 g/mol. The average molecular weight is 422 g/mol. The Labute approximate surface area is 185 Å². The number of hydrogen-bond donors (Lipinski definition) is 2. The van der Waals surface area contributed by atoms with Crippen LogP contribution in [0.3, 0.4) is 0 Å². The molecule has 0 aliphatic rings. The van der Waals surface area contributed by atoms with Gasteiger partial charge in [-0.05, 0) is 55.0 Å². The van der Waals surface area contributed by atoms with E-state index in [1.165, 1.54) is 0 Å². The molecule has 0 saturated heterocycles. The summed E-state index contributed by atoms with van der Waals surface area (Å²) in [5, 5.41) is 12.1. The summed E-state index contributed by atoms with van der Waals surface area (Å²) in [6, 6.07) is 26.7. The molecule has 0 unspecified atom stereocenters. The zero-order valence-corrected chi connectivity index (χ0v) is 17.6. The van der Waals surface area contributed by atoms with Gasteiger partial charge in [0.2, 0.25) is 5.91 Å². The van der Waals surface area contributed by atoms with E-state index in [1.54, 1.807) is 12.1 Å². The zero-order chi connectivity index (χ0) is 22.2. The first-order valence-electron chi connectivity index (χ1n) is 10.4. The molecule has 3 N–H and O–H groups in total. The lowest BCUT2D eigenvalue weighted by Crippen LogP contribution is -2.11. The van der Waals surface area contributed by atoms with Gasteiger partial charge in [0.1, 0.15) is 17.2 Å². The molecule has 158 valence electrons. The Balaban J connectivity index is 1.72. The van der Waals surface area contributed by atoms with Crippen LogP contribution in [0.25, 0.3) is 21.8 Å². The van der Waals surface area contributed by atoms with Crippen LogP contribution < -0.4 is 10.5 Å². The van der Waals surface area contributed by atoms with E-state index in [-0.39, 0.29) is 5.75 Å². The predicted molar refractivity (Wildman–Crippen MR) is 126 cm³/mol. The fourth-order valence-electron chi connectivity index (χ4n) is 4.27. The number of primary amides is 1. The number of hydrogen-bond acceptors (Lipinski definition) is 3. The van der Waals surface area contributed by atoms with E-state index in [4.69, 9.17) is 10.5 Å². The third kappa shape index (κ3) is 3.34. The first kappa shape index (κ1) is 19.7. The molecule has 5 heteroatoms. The number of nitrogens with zero attached hydrogens (tertiary/aromatic N) is 1. The van der Waals surface area contributed by atoms with Crippen molar-refractivity contribution in [2.75, 3.05) is 0 Å². The molecule has 5 aromatic rings. The molecule has 0 aliphatic heterocycles. The number of phenolic OH excluding ortho intramolecular Hbond substituents is 1. The highest BCUT2D eigenvalue weighted by Gasteiger charge is 2.20. The van der Waals surface area contributed by atoms with Gasteiger partial charge in [0.15, 0.2) is 0 Å². The van der Waals surface area contributed by atoms with Crippen LogP contribution in [0.1, 0.15) is 21.5 Å². The Morgan fingerprint density at radius 3 is 2.44 bits per heavy atom. The second kappa shape index (κ2) is 7.78. The van der Waals surface area contributed by atoms with Gasteiger partial charge in [-0.1, -0.05) is 42.5 Å². The maximum Gasteiger partial charge on any atom is 0.249 e. The molecule has 0 spiro atoms. The second-order valence-corrected chi connectivity index (χ2v) is 7.85. The lowest BCUT2D eigenvalue weighted by Gasteiger charge is -2.14. The Bertz CT molecular complexity index is 1470. The number of ether oxygens (including phenoxy) is 1. The molecule has 5 rings (SSSR count). The number of benzene rings is 4. The van der Waals surface area contributed by atoms with Crippen LogP contribution in [0.4, 0.5) is 0 Å². The van der Waals surface area contributed by atoms with Gasteiger partial charge in [0, 0.05) is 16.5 Å². The molecule has 0 bridgehead atoms. The second-order valence-electron chi connectivity index (χ2n) is 7.85. The summed E-state index contributed by atoms with van der Waals surface area (Å²) in [6.07, 6.45) is 0. The summed E-state index contributed by atoms with van der Waals surface area (Å²) in [7, 11) is 0. The molecule has 4 aromatic carbocycles. The SMILES string of the molecule is Cc1cc(O)c2c3c(C(N)=O)cccc3n(Cc3ccccc3Oc3ccccc3)c2c1. The lowest BCUT2D eigenvalue weighted by molar-refractivity contribution is 0.100. The van der Waals surface area contributed by atoms with Crippen LogP contribution in [0.2, 0.25) is 0 Å². The van der Waals surface area contributed by atoms with Gasteiger partial charge in [0.25, 0.3) is 0 Å². The molecule has 0 aliphatic carbocycles. The summed E-state index contributed by atoms with van der Waals surface area (Å²) >= 11 is 0. The number of aromatic hydroxyl groups is 1. The molecule has 1 aromatic heterocycles. The number of aromatic nitrogens is 1. The fraction of sp³-hybridized carbons (Fsp3) is 0.0741. The van der Waals surface area contributed by atoms with Crippen molar-refractivity contribution in [1.82, 2.24) is 4.57 Å². The highest BCUT2D eigenvalue weighted by Crippen LogP contribution is 2.39. The van der Waals surface area contributed by atoms with Crippen molar-refractivity contribution in [2.45, 2.75) is 13.5 Å². The van der Waals surface area contributed by atoms with Crippen LogP contribution in [-0.2, 0) is 6.54 Å². The lowest BCUT2D eigenvalue weighted by atomic mass is 10.0. The highest BCUT2D eigenvalue weighted by molar-refractivity contribution is 6.19. The van der Waals surface area contributed by atoms with Gasteiger partial charge in [0.05, 0.1) is 23.0 Å². The van der Waals surface area contributed by atoms with Crippen molar-refractivity contribution in [3.63, 3.8) is 0 Å². The third-order valence-electron chi connectivity index (χ3n) is 5.65. The monoisotopic (exact) mass is 422 g/mol. The van der Waals surface area contributed by atoms with E-state index < -0.39 is 5.91 Å². The predicted octanol–water partition coefficient (Wildman–Crippen LogP) is 5.75. The number of carbonyl (C=O) groups excluding carboxylic acids is 1. The summed E-state index contributed by atoms with van der Waals surface area (Å²) < 4.78 is 8.25. The number of carbonyl (C=O) groups is 1. The molecule has 1 heterocycles. The zero-order valence-electron chi connectivity index (χ0n) is 17.6. The molecule has 0 radical (unpaired) electrons. The summed E-state index contributed by atoms with van der Waals surface area (Å²) in [4.78, 5) is 12.2. The Hall–Kier alpha value is -4.25. The van der Waals surface area contributed by atoms with E-state index in [2.05, 4.69) is 4.57 Å². The van der Waals surface area contributed by atoms with Gasteiger partial charge in [-0.2, -0.15) is 0 Å². The number of nitrogens with two attached hydrogens (primary N) is 1. The van der Waals surface area contributed by atoms with Crippen molar-refractivity contribution < 1.29 is 14.6 Å². The quantitative estimate of drug-likeness (QED) is 0.379. The number of amides is 1. The molecule has 5 nitrogen and oxygen atoms in total. The number of phenols is 1. The molecular formula is C27H22N2O3. The van der Waals surface area contributed by atoms with Crippen molar-refractivity contribution in [3.05, 3.63) is 102 Å². The van der Waals surface area contributed by atoms with Crippen LogP contribution in [0, 0.1) is 6.92 Å². The summed E-state index contributed by atoms with van der Waals surface area (Å²) in [5.41, 5.74) is 9.62. The van der Waals surface area contributed by atoms with Gasteiger partial charge >= 0.3 is 0 Å². The van der Waals surface area contributed by atoms with Gasteiger partial charge in [-0.3, -0.25) is 4.79 Å². The summed E-state index contributed by atoms with van der Waals surface area (Å²) in [5.74, 6) is 1.11. The van der Waals surface area contributed by atoms with Crippen LogP contribution >= 0.6 is 0 Å². The smallest absolute Gasteiger partial charge is 0.249 e. The Kier molecular flexibility index (Phi) is 4.79. The van der Waals surface area contributed by atoms with Crippen LogP contribution in [0.5, 0.6) is 17.2 Å². The van der Waals surface area contributed by atoms with E-state index in [0.29, 0.717) is 22.9 Å². The van der Waals surface area contributed by atoms with Crippen molar-refractivity contribution in [1.29, 1.82) is 0 Å². The molecule has 0 fully saturated rings. The fourth-order valence-corrected chi connectivity index (χ4v) is 4.27. The van der Waals surface area contributed by atoms with Crippen LogP contribution in [0.15, 0.2) is 84.9 Å². The topological polar surface area (TPSA) is 77.5 Å². The van der Waals surface area contributed by atoms with Gasteiger partial charge in [-0.15, -0.1) is 0 Å². The number of rotatable bonds is 5. The first-order valence-corrected chi connectivity index (χ1v) is 10.4. The minimum absolute atomic E-state index is 0.131. The minimum atomic E-state index is -0.526. The van der Waals surface area contributed by atoms with Crippen molar-refractivity contribution in [3.8, 4) is 17.2 Å². The Morgan fingerprint density at radius 2 is 1.66 bits per heavy atom. The Morgan fingerprint density at radius 1 is 0.906 bits per heavy atom. The average Bonchev–Trinajstić information content (AvgIpc) is 3.09. The maximum absolute atomic E-state index is 12.2. The highest BCUT2D eigenvalue weighted by atomic mass is 16.5. The van der Waals surface area contributed by atoms with E-state index in [9.17, 15) is 9.90 Å². The largest absolute Gasteiger partial charge is 0.507 e. The van der Waals surface area contributed by atoms with Gasteiger partial charge < -0.3 is 20.1 Å². The normalized spacial score (nSPS) is 11.2. The number of para-hydroxylation sites is 2. The van der Waals surface area contributed by atoms with Crippen LogP contribution in [-0.4, -0.2) is 15.6 Å². The number of aryl methyl sites for hydroxylation is 1. The molecule has 32 heavy (non-hydrogen) atoms. The van der Waals surface area contributed by atoms with E-state index >= 15 is 0 Å². The van der Waals surface area contributed by atoms with Gasteiger partial charge in [-0.25, -0.2) is 0 Å². The third-order valence-corrected chi connectivity index (χ3v) is 5.65. The maximum atomic E-state index is 12.2. The van der Waals surface area contributed by atoms with E-state index in [1.807, 2.05) is 79.7 Å². The molecule has 1 amide bonds. The summed E-state index contributed by atoms with van der Waals surface area (Å²) in [6.45, 7) is 2.43. The van der Waals surface area contributed by atoms with Crippen molar-refractivity contribution in [2.24, 2.45) is 5.73 Å². The van der Waals surface area contributed by atoms with Crippen molar-refractivity contribution >= 4 is 27.7 Å². The number of fused-ring (bicyclic) bond motifs is 3. The first-order chi connectivity index (χ1) is 15.5. The minimum Gasteiger partial charge on any atom is -0.507 e. The standard InChI is InChI=1S/C27H22N2O3/c1-17-14-22-26(23(30)15-17)25-20(27(28)31)11-7-12-21(25)29(22)16-18-8-5-6-13-24(18)32-19-9-3-2-4-10-19/h2-15,30H,16H2,1H3,(H2,28,31). The molecule has 0 saturated carbocycles.